The number of rotatable bonds is 5. The van der Waals surface area contributed by atoms with Gasteiger partial charge < -0.3 is 5.32 Å². The first kappa shape index (κ1) is 13.0. The van der Waals surface area contributed by atoms with E-state index in [-0.39, 0.29) is 0 Å². The first-order valence-corrected chi connectivity index (χ1v) is 7.55. The largest absolute Gasteiger partial charge is 0.384 e. The van der Waals surface area contributed by atoms with Gasteiger partial charge in [0.2, 0.25) is 0 Å². The second-order valence-electron chi connectivity index (χ2n) is 4.50. The molecule has 0 aliphatic carbocycles. The summed E-state index contributed by atoms with van der Waals surface area (Å²) in [5.41, 5.74) is 3.35. The van der Waals surface area contributed by atoms with E-state index in [1.54, 1.807) is 11.8 Å². The van der Waals surface area contributed by atoms with Gasteiger partial charge >= 0.3 is 0 Å². The highest BCUT2D eigenvalue weighted by molar-refractivity contribution is 7.99. The molecule has 4 nitrogen and oxygen atoms in total. The molecule has 20 heavy (non-hydrogen) atoms. The van der Waals surface area contributed by atoms with Crippen LogP contribution in [0.3, 0.4) is 0 Å². The molecule has 0 fully saturated rings. The second kappa shape index (κ2) is 5.96. The standard InChI is InChI=1S/C15H16N4S/c1-12-6-2-3-7-13(12)16-9-11-20-15-18-17-14-8-4-5-10-19(14)15/h2-8,10,16H,9,11H2,1H3. The van der Waals surface area contributed by atoms with Crippen molar-refractivity contribution >= 4 is 23.1 Å². The molecule has 0 aliphatic rings. The SMILES string of the molecule is Cc1ccccc1NCCSc1nnc2ccccn12. The van der Waals surface area contributed by atoms with Crippen molar-refractivity contribution < 1.29 is 0 Å². The summed E-state index contributed by atoms with van der Waals surface area (Å²) in [5.74, 6) is 0.948. The number of para-hydroxylation sites is 1. The van der Waals surface area contributed by atoms with Crippen molar-refractivity contribution in [2.75, 3.05) is 17.6 Å². The summed E-state index contributed by atoms with van der Waals surface area (Å²) in [4.78, 5) is 0. The molecule has 0 spiro atoms. The molecule has 2 aromatic heterocycles. The minimum atomic E-state index is 0.891. The molecule has 5 heteroatoms. The number of thioether (sulfide) groups is 1. The van der Waals surface area contributed by atoms with Crippen molar-refractivity contribution in [1.82, 2.24) is 14.6 Å². The lowest BCUT2D eigenvalue weighted by molar-refractivity contribution is 0.921. The second-order valence-corrected chi connectivity index (χ2v) is 5.56. The van der Waals surface area contributed by atoms with Gasteiger partial charge in [0.05, 0.1) is 0 Å². The Labute approximate surface area is 122 Å². The number of nitrogens with zero attached hydrogens (tertiary/aromatic N) is 3. The molecule has 3 rings (SSSR count). The van der Waals surface area contributed by atoms with Crippen molar-refractivity contribution in [3.8, 4) is 0 Å². The van der Waals surface area contributed by atoms with Crippen LogP contribution in [0.25, 0.3) is 5.65 Å². The van der Waals surface area contributed by atoms with Crippen molar-refractivity contribution in [2.45, 2.75) is 12.1 Å². The van der Waals surface area contributed by atoms with E-state index in [4.69, 9.17) is 0 Å². The first-order valence-electron chi connectivity index (χ1n) is 6.57. The van der Waals surface area contributed by atoms with E-state index in [1.807, 2.05) is 28.8 Å². The van der Waals surface area contributed by atoms with Gasteiger partial charge in [-0.25, -0.2) is 0 Å². The van der Waals surface area contributed by atoms with Crippen molar-refractivity contribution in [3.05, 3.63) is 54.2 Å². The number of anilines is 1. The molecule has 0 unspecified atom stereocenters. The average Bonchev–Trinajstić information content (AvgIpc) is 2.89. The van der Waals surface area contributed by atoms with Crippen molar-refractivity contribution in [2.24, 2.45) is 0 Å². The highest BCUT2D eigenvalue weighted by Gasteiger charge is 2.04. The zero-order valence-electron chi connectivity index (χ0n) is 11.3. The Morgan fingerprint density at radius 3 is 2.85 bits per heavy atom. The molecule has 2 heterocycles. The van der Waals surface area contributed by atoms with Gasteiger partial charge in [-0.3, -0.25) is 4.40 Å². The quantitative estimate of drug-likeness (QED) is 0.577. The van der Waals surface area contributed by atoms with Gasteiger partial charge in [-0.1, -0.05) is 36.0 Å². The van der Waals surface area contributed by atoms with Crippen molar-refractivity contribution in [1.29, 1.82) is 0 Å². The van der Waals surface area contributed by atoms with Gasteiger partial charge in [0.15, 0.2) is 10.8 Å². The minimum Gasteiger partial charge on any atom is -0.384 e. The molecular weight excluding hydrogens is 268 g/mol. The summed E-state index contributed by atoms with van der Waals surface area (Å²) in [6.07, 6.45) is 1.99. The minimum absolute atomic E-state index is 0.891. The molecule has 0 amide bonds. The molecular formula is C15H16N4S. The summed E-state index contributed by atoms with van der Waals surface area (Å²) >= 11 is 1.71. The molecule has 3 aromatic rings. The van der Waals surface area contributed by atoms with Crippen LogP contribution in [0.5, 0.6) is 0 Å². The molecule has 102 valence electrons. The zero-order valence-corrected chi connectivity index (χ0v) is 12.1. The van der Waals surface area contributed by atoms with Crippen LogP contribution in [0, 0.1) is 6.92 Å². The Balaban J connectivity index is 1.57. The molecule has 0 bridgehead atoms. The molecule has 0 saturated carbocycles. The number of hydrogen-bond acceptors (Lipinski definition) is 4. The number of hydrogen-bond donors (Lipinski definition) is 1. The Hall–Kier alpha value is -2.01. The molecule has 0 atom stereocenters. The van der Waals surface area contributed by atoms with Gasteiger partial charge in [-0.15, -0.1) is 10.2 Å². The lowest BCUT2D eigenvalue weighted by Gasteiger charge is -2.08. The van der Waals surface area contributed by atoms with Gasteiger partial charge in [0, 0.05) is 24.2 Å². The van der Waals surface area contributed by atoms with Gasteiger partial charge in [0.25, 0.3) is 0 Å². The Morgan fingerprint density at radius 1 is 1.10 bits per heavy atom. The number of nitrogens with one attached hydrogen (secondary N) is 1. The van der Waals surface area contributed by atoms with Crippen LogP contribution < -0.4 is 5.32 Å². The number of aromatic nitrogens is 3. The van der Waals surface area contributed by atoms with Gasteiger partial charge in [-0.2, -0.15) is 0 Å². The third kappa shape index (κ3) is 2.77. The third-order valence-electron chi connectivity index (χ3n) is 3.08. The highest BCUT2D eigenvalue weighted by Crippen LogP contribution is 2.17. The number of aryl methyl sites for hydroxylation is 1. The normalized spacial score (nSPS) is 10.8. The predicted octanol–water partition coefficient (Wildman–Crippen LogP) is 3.24. The maximum atomic E-state index is 4.21. The molecule has 0 radical (unpaired) electrons. The topological polar surface area (TPSA) is 42.2 Å². The van der Waals surface area contributed by atoms with E-state index < -0.39 is 0 Å². The average molecular weight is 284 g/mol. The zero-order chi connectivity index (χ0) is 13.8. The van der Waals surface area contributed by atoms with Crippen LogP contribution >= 0.6 is 11.8 Å². The maximum Gasteiger partial charge on any atom is 0.195 e. The van der Waals surface area contributed by atoms with Gasteiger partial charge in [0.1, 0.15) is 0 Å². The first-order chi connectivity index (χ1) is 9.84. The van der Waals surface area contributed by atoms with Crippen LogP contribution in [0.4, 0.5) is 5.69 Å². The van der Waals surface area contributed by atoms with E-state index in [0.29, 0.717) is 0 Å². The Morgan fingerprint density at radius 2 is 1.95 bits per heavy atom. The van der Waals surface area contributed by atoms with E-state index >= 15 is 0 Å². The summed E-state index contributed by atoms with van der Waals surface area (Å²) in [5, 5.41) is 12.7. The third-order valence-corrected chi connectivity index (χ3v) is 4.02. The fourth-order valence-electron chi connectivity index (χ4n) is 2.02. The number of fused-ring (bicyclic) bond motifs is 1. The summed E-state index contributed by atoms with van der Waals surface area (Å²) < 4.78 is 2.01. The lowest BCUT2D eigenvalue weighted by atomic mass is 10.2. The maximum absolute atomic E-state index is 4.21. The highest BCUT2D eigenvalue weighted by atomic mass is 32.2. The van der Waals surface area contributed by atoms with Crippen LogP contribution in [-0.4, -0.2) is 26.9 Å². The summed E-state index contributed by atoms with van der Waals surface area (Å²) in [6.45, 7) is 3.01. The molecule has 0 saturated heterocycles. The van der Waals surface area contributed by atoms with Crippen molar-refractivity contribution in [3.63, 3.8) is 0 Å². The van der Waals surface area contributed by atoms with E-state index in [0.717, 1.165) is 23.1 Å². The van der Waals surface area contributed by atoms with Crippen LogP contribution in [-0.2, 0) is 0 Å². The van der Waals surface area contributed by atoms with Crippen LogP contribution in [0.15, 0.2) is 53.8 Å². The Kier molecular flexibility index (Phi) is 3.87. The van der Waals surface area contributed by atoms with Gasteiger partial charge in [-0.05, 0) is 30.7 Å². The fraction of sp³-hybridized carbons (Fsp3) is 0.200. The summed E-state index contributed by atoms with van der Waals surface area (Å²) in [6, 6.07) is 14.2. The van der Waals surface area contributed by atoms with E-state index in [9.17, 15) is 0 Å². The predicted molar refractivity (Wildman–Crippen MR) is 83.4 cm³/mol. The molecule has 0 aliphatic heterocycles. The smallest absolute Gasteiger partial charge is 0.195 e. The van der Waals surface area contributed by atoms with E-state index in [1.165, 1.54) is 11.3 Å². The lowest BCUT2D eigenvalue weighted by Crippen LogP contribution is -2.05. The summed E-state index contributed by atoms with van der Waals surface area (Å²) in [7, 11) is 0. The monoisotopic (exact) mass is 284 g/mol. The van der Waals surface area contributed by atoms with Crippen LogP contribution in [0.2, 0.25) is 0 Å². The molecule has 1 N–H and O–H groups in total. The number of benzene rings is 1. The fourth-order valence-corrected chi connectivity index (χ4v) is 2.80. The van der Waals surface area contributed by atoms with Crippen LogP contribution in [0.1, 0.15) is 5.56 Å². The molecule has 1 aromatic carbocycles. The van der Waals surface area contributed by atoms with E-state index in [2.05, 4.69) is 46.7 Å². The Bertz CT molecular complexity index is 708. The number of pyridine rings is 1.